The van der Waals surface area contributed by atoms with Gasteiger partial charge >= 0.3 is 0 Å². The summed E-state index contributed by atoms with van der Waals surface area (Å²) in [5.41, 5.74) is 1.41. The predicted molar refractivity (Wildman–Crippen MR) is 93.9 cm³/mol. The Labute approximate surface area is 138 Å². The van der Waals surface area contributed by atoms with Crippen LogP contribution >= 0.6 is 12.2 Å². The van der Waals surface area contributed by atoms with E-state index in [1.807, 2.05) is 12.1 Å². The van der Waals surface area contributed by atoms with Crippen LogP contribution < -0.4 is 10.9 Å². The Hall–Kier alpha value is -2.73. The van der Waals surface area contributed by atoms with Gasteiger partial charge in [-0.3, -0.25) is 4.79 Å². The average molecular weight is 325 g/mol. The normalized spacial score (nSPS) is 10.6. The standard InChI is InChI=1S/C17H15N3O2S/c21-12-5-3-4-11(10-12)8-9-18-17(23)15-19-14-7-2-1-6-13(14)16(22)20-15/h1-7,10,21H,8-9H2,(H,18,23)(H,19,20,22). The van der Waals surface area contributed by atoms with Crippen molar-refractivity contribution in [3.8, 4) is 5.75 Å². The zero-order valence-electron chi connectivity index (χ0n) is 12.2. The van der Waals surface area contributed by atoms with Crippen molar-refractivity contribution in [2.24, 2.45) is 0 Å². The maximum absolute atomic E-state index is 12.0. The lowest BCUT2D eigenvalue weighted by molar-refractivity contribution is 0.474. The van der Waals surface area contributed by atoms with Gasteiger partial charge in [0.15, 0.2) is 5.82 Å². The van der Waals surface area contributed by atoms with Gasteiger partial charge in [0, 0.05) is 6.54 Å². The van der Waals surface area contributed by atoms with Gasteiger partial charge in [-0.1, -0.05) is 36.5 Å². The van der Waals surface area contributed by atoms with Gasteiger partial charge in [-0.05, 0) is 36.2 Å². The molecule has 0 aliphatic rings. The lowest BCUT2D eigenvalue weighted by Crippen LogP contribution is -2.28. The number of H-pyrrole nitrogens is 1. The molecule has 0 saturated heterocycles. The van der Waals surface area contributed by atoms with E-state index in [1.165, 1.54) is 0 Å². The summed E-state index contributed by atoms with van der Waals surface area (Å²) in [6.07, 6.45) is 0.701. The van der Waals surface area contributed by atoms with Crippen LogP contribution in [0.2, 0.25) is 0 Å². The predicted octanol–water partition coefficient (Wildman–Crippen LogP) is 2.14. The zero-order chi connectivity index (χ0) is 16.2. The minimum Gasteiger partial charge on any atom is -0.508 e. The largest absolute Gasteiger partial charge is 0.508 e. The van der Waals surface area contributed by atoms with Crippen molar-refractivity contribution >= 4 is 28.1 Å². The molecule has 116 valence electrons. The van der Waals surface area contributed by atoms with Crippen LogP contribution in [0.25, 0.3) is 10.9 Å². The van der Waals surface area contributed by atoms with Crippen molar-refractivity contribution in [2.45, 2.75) is 6.42 Å². The molecule has 3 aromatic rings. The van der Waals surface area contributed by atoms with E-state index in [0.29, 0.717) is 34.7 Å². The molecule has 1 heterocycles. The summed E-state index contributed by atoms with van der Waals surface area (Å²) >= 11 is 5.29. The van der Waals surface area contributed by atoms with Gasteiger partial charge in [-0.25, -0.2) is 4.98 Å². The highest BCUT2D eigenvalue weighted by Gasteiger charge is 2.07. The molecule has 5 nitrogen and oxygen atoms in total. The van der Waals surface area contributed by atoms with Gasteiger partial charge in [0.1, 0.15) is 10.7 Å². The van der Waals surface area contributed by atoms with E-state index in [0.717, 1.165) is 5.56 Å². The SMILES string of the molecule is O=c1[nH]c(C(=S)NCCc2cccc(O)c2)nc2ccccc12. The van der Waals surface area contributed by atoms with Crippen molar-refractivity contribution in [1.82, 2.24) is 15.3 Å². The highest BCUT2D eigenvalue weighted by Crippen LogP contribution is 2.11. The lowest BCUT2D eigenvalue weighted by atomic mass is 10.1. The fourth-order valence-corrected chi connectivity index (χ4v) is 2.51. The Kier molecular flexibility index (Phi) is 4.34. The molecular weight excluding hydrogens is 310 g/mol. The lowest BCUT2D eigenvalue weighted by Gasteiger charge is -2.08. The van der Waals surface area contributed by atoms with E-state index in [-0.39, 0.29) is 11.3 Å². The van der Waals surface area contributed by atoms with Crippen molar-refractivity contribution in [3.05, 3.63) is 70.3 Å². The van der Waals surface area contributed by atoms with Crippen molar-refractivity contribution in [3.63, 3.8) is 0 Å². The number of hydrogen-bond acceptors (Lipinski definition) is 4. The Bertz CT molecular complexity index is 921. The van der Waals surface area contributed by atoms with Crippen molar-refractivity contribution in [2.75, 3.05) is 6.54 Å². The highest BCUT2D eigenvalue weighted by atomic mass is 32.1. The molecule has 2 aromatic carbocycles. The molecule has 0 bridgehead atoms. The molecule has 0 spiro atoms. The summed E-state index contributed by atoms with van der Waals surface area (Å²) in [4.78, 5) is 19.5. The van der Waals surface area contributed by atoms with Crippen LogP contribution in [0.5, 0.6) is 5.75 Å². The Morgan fingerprint density at radius 1 is 1.22 bits per heavy atom. The maximum atomic E-state index is 12.0. The molecule has 0 amide bonds. The van der Waals surface area contributed by atoms with Gasteiger partial charge < -0.3 is 15.4 Å². The molecular formula is C17H15N3O2S. The minimum absolute atomic E-state index is 0.206. The minimum atomic E-state index is -0.206. The van der Waals surface area contributed by atoms with Crippen molar-refractivity contribution in [1.29, 1.82) is 0 Å². The number of rotatable bonds is 4. The first-order valence-corrected chi connectivity index (χ1v) is 7.59. The summed E-state index contributed by atoms with van der Waals surface area (Å²) in [7, 11) is 0. The summed E-state index contributed by atoms with van der Waals surface area (Å²) in [6, 6.07) is 14.2. The Morgan fingerprint density at radius 3 is 2.87 bits per heavy atom. The molecule has 1 aromatic heterocycles. The molecule has 23 heavy (non-hydrogen) atoms. The van der Waals surface area contributed by atoms with Crippen LogP contribution in [0, 0.1) is 0 Å². The molecule has 0 radical (unpaired) electrons. The van der Waals surface area contributed by atoms with Crippen LogP contribution in [0.15, 0.2) is 53.3 Å². The number of para-hydroxylation sites is 1. The smallest absolute Gasteiger partial charge is 0.259 e. The van der Waals surface area contributed by atoms with Gasteiger partial charge in [0.05, 0.1) is 10.9 Å². The topological polar surface area (TPSA) is 78.0 Å². The number of aromatic nitrogens is 2. The van der Waals surface area contributed by atoms with Crippen LogP contribution in [-0.2, 0) is 6.42 Å². The number of aromatic amines is 1. The number of thiocarbonyl (C=S) groups is 1. The van der Waals surface area contributed by atoms with E-state index in [1.54, 1.807) is 36.4 Å². The third kappa shape index (κ3) is 3.54. The number of aromatic hydroxyl groups is 1. The monoisotopic (exact) mass is 325 g/mol. The second-order valence-corrected chi connectivity index (χ2v) is 5.52. The van der Waals surface area contributed by atoms with Gasteiger partial charge in [0.25, 0.3) is 5.56 Å². The fourth-order valence-electron chi connectivity index (χ4n) is 2.31. The molecule has 0 fully saturated rings. The molecule has 6 heteroatoms. The maximum Gasteiger partial charge on any atom is 0.259 e. The summed E-state index contributed by atoms with van der Waals surface area (Å²) < 4.78 is 0. The van der Waals surface area contributed by atoms with E-state index in [9.17, 15) is 9.90 Å². The first-order chi connectivity index (χ1) is 11.1. The van der Waals surface area contributed by atoms with E-state index >= 15 is 0 Å². The van der Waals surface area contributed by atoms with E-state index in [2.05, 4.69) is 15.3 Å². The Balaban J connectivity index is 1.70. The quantitative estimate of drug-likeness (QED) is 0.641. The highest BCUT2D eigenvalue weighted by molar-refractivity contribution is 7.80. The molecule has 0 aliphatic carbocycles. The summed E-state index contributed by atoms with van der Waals surface area (Å²) in [6.45, 7) is 0.582. The number of phenolic OH excluding ortho intramolecular Hbond substituents is 1. The number of nitrogens with one attached hydrogen (secondary N) is 2. The number of nitrogens with zero attached hydrogens (tertiary/aromatic N) is 1. The van der Waals surface area contributed by atoms with Crippen LogP contribution in [0.3, 0.4) is 0 Å². The van der Waals surface area contributed by atoms with Gasteiger partial charge in [-0.15, -0.1) is 0 Å². The molecule has 0 aliphatic heterocycles. The summed E-state index contributed by atoms with van der Waals surface area (Å²) in [5.74, 6) is 0.602. The van der Waals surface area contributed by atoms with Crippen LogP contribution in [0.1, 0.15) is 11.4 Å². The van der Waals surface area contributed by atoms with Gasteiger partial charge in [-0.2, -0.15) is 0 Å². The number of phenols is 1. The van der Waals surface area contributed by atoms with Crippen LogP contribution in [-0.4, -0.2) is 26.6 Å². The molecule has 3 rings (SSSR count). The molecule has 0 atom stereocenters. The number of hydrogen-bond donors (Lipinski definition) is 3. The summed E-state index contributed by atoms with van der Waals surface area (Å²) in [5, 5.41) is 13.1. The Morgan fingerprint density at radius 2 is 2.04 bits per heavy atom. The van der Waals surface area contributed by atoms with Crippen molar-refractivity contribution < 1.29 is 5.11 Å². The molecule has 0 saturated carbocycles. The van der Waals surface area contributed by atoms with Crippen LogP contribution in [0.4, 0.5) is 0 Å². The third-order valence-electron chi connectivity index (χ3n) is 3.44. The number of benzene rings is 2. The third-order valence-corrected chi connectivity index (χ3v) is 3.78. The first kappa shape index (κ1) is 15.2. The molecule has 3 N–H and O–H groups in total. The van der Waals surface area contributed by atoms with E-state index in [4.69, 9.17) is 12.2 Å². The van der Waals surface area contributed by atoms with Gasteiger partial charge in [0.2, 0.25) is 0 Å². The van der Waals surface area contributed by atoms with E-state index < -0.39 is 0 Å². The number of fused-ring (bicyclic) bond motifs is 1. The average Bonchev–Trinajstić information content (AvgIpc) is 2.55. The second kappa shape index (κ2) is 6.58. The second-order valence-electron chi connectivity index (χ2n) is 5.11. The molecule has 0 unspecified atom stereocenters. The first-order valence-electron chi connectivity index (χ1n) is 7.18. The zero-order valence-corrected chi connectivity index (χ0v) is 13.1. The fraction of sp³-hybridized carbons (Fsp3) is 0.118.